The summed E-state index contributed by atoms with van der Waals surface area (Å²) in [6, 6.07) is 0. The van der Waals surface area contributed by atoms with Crippen LogP contribution in [-0.2, 0) is 0 Å². The lowest BCUT2D eigenvalue weighted by Crippen LogP contribution is -2.03. The number of aromatic nitrogens is 4. The van der Waals surface area contributed by atoms with E-state index < -0.39 is 0 Å². The van der Waals surface area contributed by atoms with Gasteiger partial charge < -0.3 is 14.6 Å². The first kappa shape index (κ1) is 19.8. The molecular weight excluding hydrogens is 308 g/mol. The van der Waals surface area contributed by atoms with Gasteiger partial charge in [0.05, 0.1) is 31.8 Å². The number of aliphatic hydroxyl groups excluding tert-OH is 1. The van der Waals surface area contributed by atoms with Crippen LogP contribution in [0.5, 0.6) is 11.6 Å². The number of hydrogen-bond donors (Lipinski definition) is 1. The molecule has 2 aromatic rings. The molecule has 1 saturated carbocycles. The number of rotatable bonds is 4. The zero-order valence-corrected chi connectivity index (χ0v) is 15.2. The zero-order valence-electron chi connectivity index (χ0n) is 15.2. The fourth-order valence-electron chi connectivity index (χ4n) is 2.19. The summed E-state index contributed by atoms with van der Waals surface area (Å²) in [6.45, 7) is 5.89. The van der Waals surface area contributed by atoms with E-state index in [1.807, 2.05) is 20.8 Å². The molecule has 24 heavy (non-hydrogen) atoms. The number of nitrogens with zero attached hydrogens (tertiary/aromatic N) is 4. The average molecular weight is 334 g/mol. The minimum atomic E-state index is 0.466. The summed E-state index contributed by atoms with van der Waals surface area (Å²) in [5.74, 6) is 2.24. The lowest BCUT2D eigenvalue weighted by Gasteiger charge is -2.11. The monoisotopic (exact) mass is 334 g/mol. The molecule has 0 aromatic carbocycles. The van der Waals surface area contributed by atoms with E-state index in [2.05, 4.69) is 19.9 Å². The average Bonchev–Trinajstić information content (AvgIpc) is 3.49. The zero-order chi connectivity index (χ0) is 18.1. The number of hydrogen-bond acceptors (Lipinski definition) is 7. The largest absolute Gasteiger partial charge is 0.493 e. The van der Waals surface area contributed by atoms with Crippen LogP contribution in [0.1, 0.15) is 44.0 Å². The van der Waals surface area contributed by atoms with Crippen molar-refractivity contribution in [2.45, 2.75) is 39.5 Å². The highest BCUT2D eigenvalue weighted by atomic mass is 16.5. The number of aliphatic hydroxyl groups is 1. The van der Waals surface area contributed by atoms with E-state index in [0.29, 0.717) is 23.4 Å². The predicted molar refractivity (Wildman–Crippen MR) is 92.4 cm³/mol. The van der Waals surface area contributed by atoms with Crippen LogP contribution in [0.2, 0.25) is 0 Å². The van der Waals surface area contributed by atoms with Crippen molar-refractivity contribution in [1.29, 1.82) is 0 Å². The molecule has 1 fully saturated rings. The Morgan fingerprint density at radius 3 is 2.21 bits per heavy atom. The number of methoxy groups -OCH3 is 2. The molecule has 1 aliphatic rings. The summed E-state index contributed by atoms with van der Waals surface area (Å²) >= 11 is 0. The lowest BCUT2D eigenvalue weighted by atomic mass is 10.1. The molecule has 3 rings (SSSR count). The summed E-state index contributed by atoms with van der Waals surface area (Å²) < 4.78 is 10.5. The van der Waals surface area contributed by atoms with Crippen molar-refractivity contribution in [1.82, 2.24) is 19.9 Å². The van der Waals surface area contributed by atoms with Gasteiger partial charge in [0.2, 0.25) is 5.88 Å². The highest BCUT2D eigenvalue weighted by Crippen LogP contribution is 2.44. The molecule has 2 aromatic heterocycles. The first-order valence-electron chi connectivity index (χ1n) is 7.96. The SMILES string of the molecule is CC.CO.COc1cnc(-c2c(OC)ncnc2C2CC2)nc1C. The standard InChI is InChI=1S/C14H16N4O2.C2H6.CH4O/c1-8-10(19-2)6-15-13(18-8)11-12(9-4-5-9)16-7-17-14(11)20-3;2*1-2/h6-7,9H,4-5H2,1-3H3;1-2H3;2H,1H3. The van der Waals surface area contributed by atoms with Gasteiger partial charge in [0, 0.05) is 13.0 Å². The first-order chi connectivity index (χ1) is 11.7. The normalized spacial score (nSPS) is 12.3. The molecule has 7 heteroatoms. The van der Waals surface area contributed by atoms with Crippen molar-refractivity contribution in [3.05, 3.63) is 23.9 Å². The Labute approximate surface area is 143 Å². The van der Waals surface area contributed by atoms with Crippen LogP contribution in [0.3, 0.4) is 0 Å². The van der Waals surface area contributed by atoms with Crippen molar-refractivity contribution in [3.8, 4) is 23.0 Å². The van der Waals surface area contributed by atoms with E-state index in [1.165, 1.54) is 6.33 Å². The van der Waals surface area contributed by atoms with E-state index in [1.54, 1.807) is 20.4 Å². The van der Waals surface area contributed by atoms with Gasteiger partial charge in [-0.05, 0) is 19.8 Å². The van der Waals surface area contributed by atoms with Crippen LogP contribution in [-0.4, -0.2) is 46.4 Å². The summed E-state index contributed by atoms with van der Waals surface area (Å²) in [4.78, 5) is 17.4. The maximum atomic E-state index is 7.00. The minimum absolute atomic E-state index is 0.466. The third kappa shape index (κ3) is 4.38. The highest BCUT2D eigenvalue weighted by Gasteiger charge is 2.31. The van der Waals surface area contributed by atoms with Crippen molar-refractivity contribution in [2.75, 3.05) is 21.3 Å². The molecule has 0 amide bonds. The second-order valence-corrected chi connectivity index (χ2v) is 4.76. The highest BCUT2D eigenvalue weighted by molar-refractivity contribution is 5.66. The Bertz CT molecular complexity index is 646. The Morgan fingerprint density at radius 1 is 1.04 bits per heavy atom. The summed E-state index contributed by atoms with van der Waals surface area (Å²) in [5, 5.41) is 7.00. The molecule has 0 bridgehead atoms. The van der Waals surface area contributed by atoms with Crippen LogP contribution in [0.4, 0.5) is 0 Å². The Kier molecular flexibility index (Phi) is 8.05. The molecule has 0 unspecified atom stereocenters. The van der Waals surface area contributed by atoms with Gasteiger partial charge in [0.1, 0.15) is 11.9 Å². The van der Waals surface area contributed by atoms with Crippen LogP contribution < -0.4 is 9.47 Å². The van der Waals surface area contributed by atoms with Crippen LogP contribution in [0.15, 0.2) is 12.5 Å². The fourth-order valence-corrected chi connectivity index (χ4v) is 2.19. The van der Waals surface area contributed by atoms with Crippen LogP contribution in [0, 0.1) is 6.92 Å². The molecule has 132 valence electrons. The number of aryl methyl sites for hydroxylation is 1. The molecule has 1 aliphatic carbocycles. The van der Waals surface area contributed by atoms with Gasteiger partial charge in [-0.2, -0.15) is 0 Å². The van der Waals surface area contributed by atoms with E-state index >= 15 is 0 Å². The molecule has 0 aliphatic heterocycles. The first-order valence-corrected chi connectivity index (χ1v) is 7.96. The Morgan fingerprint density at radius 2 is 1.71 bits per heavy atom. The fraction of sp³-hybridized carbons (Fsp3) is 0.529. The quantitative estimate of drug-likeness (QED) is 0.919. The van der Waals surface area contributed by atoms with Crippen molar-refractivity contribution in [3.63, 3.8) is 0 Å². The van der Waals surface area contributed by atoms with E-state index in [9.17, 15) is 0 Å². The van der Waals surface area contributed by atoms with Crippen LogP contribution >= 0.6 is 0 Å². The van der Waals surface area contributed by atoms with Crippen molar-refractivity contribution >= 4 is 0 Å². The molecule has 0 saturated heterocycles. The molecular formula is C17H26N4O3. The maximum Gasteiger partial charge on any atom is 0.227 e. The Hall–Kier alpha value is -2.28. The summed E-state index contributed by atoms with van der Waals surface area (Å²) in [7, 11) is 4.20. The van der Waals surface area contributed by atoms with E-state index in [-0.39, 0.29) is 0 Å². The van der Waals surface area contributed by atoms with Gasteiger partial charge in [0.25, 0.3) is 0 Å². The van der Waals surface area contributed by atoms with Crippen molar-refractivity contribution in [2.24, 2.45) is 0 Å². The van der Waals surface area contributed by atoms with Crippen molar-refractivity contribution < 1.29 is 14.6 Å². The molecule has 0 atom stereocenters. The molecule has 0 spiro atoms. The molecule has 0 radical (unpaired) electrons. The smallest absolute Gasteiger partial charge is 0.227 e. The number of ether oxygens (including phenoxy) is 2. The Balaban J connectivity index is 0.000000671. The third-order valence-corrected chi connectivity index (χ3v) is 3.38. The molecule has 2 heterocycles. The van der Waals surface area contributed by atoms with Gasteiger partial charge >= 0.3 is 0 Å². The maximum absolute atomic E-state index is 7.00. The second-order valence-electron chi connectivity index (χ2n) is 4.76. The molecule has 1 N–H and O–H groups in total. The summed E-state index contributed by atoms with van der Waals surface area (Å²) in [6.07, 6.45) is 5.48. The van der Waals surface area contributed by atoms with Gasteiger partial charge in [-0.3, -0.25) is 0 Å². The second kappa shape index (κ2) is 9.77. The molecule has 7 nitrogen and oxygen atoms in total. The van der Waals surface area contributed by atoms with Gasteiger partial charge in [-0.25, -0.2) is 19.9 Å². The van der Waals surface area contributed by atoms with Crippen LogP contribution in [0.25, 0.3) is 11.4 Å². The van der Waals surface area contributed by atoms with Gasteiger partial charge in [-0.15, -0.1) is 0 Å². The van der Waals surface area contributed by atoms with E-state index in [0.717, 1.165) is 36.9 Å². The predicted octanol–water partition coefficient (Wildman–Crippen LogP) is 2.77. The summed E-state index contributed by atoms with van der Waals surface area (Å²) in [5.41, 5.74) is 2.55. The minimum Gasteiger partial charge on any atom is -0.493 e. The lowest BCUT2D eigenvalue weighted by molar-refractivity contribution is 0.397. The van der Waals surface area contributed by atoms with Gasteiger partial charge in [-0.1, -0.05) is 13.8 Å². The third-order valence-electron chi connectivity index (χ3n) is 3.38. The van der Waals surface area contributed by atoms with E-state index in [4.69, 9.17) is 14.6 Å². The van der Waals surface area contributed by atoms with Gasteiger partial charge in [0.15, 0.2) is 11.6 Å². The topological polar surface area (TPSA) is 90.2 Å².